The Bertz CT molecular complexity index is 531. The maximum atomic E-state index is 12.5. The first-order chi connectivity index (χ1) is 11.4. The molecule has 1 aliphatic carbocycles. The topological polar surface area (TPSA) is 105 Å². The summed E-state index contributed by atoms with van der Waals surface area (Å²) in [5.74, 6) is -0.774. The van der Waals surface area contributed by atoms with Crippen LogP contribution in [0, 0.1) is 5.92 Å². The van der Waals surface area contributed by atoms with E-state index in [1.54, 1.807) is 6.92 Å². The van der Waals surface area contributed by atoms with E-state index >= 15 is 0 Å². The molecule has 2 fully saturated rings. The van der Waals surface area contributed by atoms with Crippen molar-refractivity contribution >= 4 is 35.6 Å². The normalized spacial score (nSPS) is 26.4. The zero-order chi connectivity index (χ0) is 17.7. The van der Waals surface area contributed by atoms with E-state index in [1.807, 2.05) is 0 Å². The lowest BCUT2D eigenvalue weighted by Crippen LogP contribution is -2.51. The highest BCUT2D eigenvalue weighted by Crippen LogP contribution is 2.35. The van der Waals surface area contributed by atoms with Gasteiger partial charge in [-0.1, -0.05) is 6.92 Å². The SMILES string of the molecule is CCOC(=O)CSCC(=O)NN1C(=O)NC2(CCC(C)CC2)C1=O. The van der Waals surface area contributed by atoms with Crippen LogP contribution in [0.3, 0.4) is 0 Å². The molecule has 1 saturated carbocycles. The number of amides is 4. The molecule has 4 amide bonds. The van der Waals surface area contributed by atoms with Crippen LogP contribution < -0.4 is 10.7 Å². The molecule has 1 heterocycles. The van der Waals surface area contributed by atoms with Gasteiger partial charge in [-0.05, 0) is 38.5 Å². The van der Waals surface area contributed by atoms with Crippen LogP contribution in [-0.2, 0) is 19.1 Å². The summed E-state index contributed by atoms with van der Waals surface area (Å²) in [5.41, 5.74) is 1.45. The number of thioether (sulfide) groups is 1. The second-order valence-electron chi connectivity index (χ2n) is 6.17. The van der Waals surface area contributed by atoms with Gasteiger partial charge in [0.1, 0.15) is 5.54 Å². The Balaban J connectivity index is 1.84. The predicted octanol–water partition coefficient (Wildman–Crippen LogP) is 0.815. The number of hydrogen-bond acceptors (Lipinski definition) is 6. The van der Waals surface area contributed by atoms with Crippen molar-refractivity contribution in [3.05, 3.63) is 0 Å². The Kier molecular flexibility index (Phi) is 6.09. The van der Waals surface area contributed by atoms with E-state index in [9.17, 15) is 19.2 Å². The van der Waals surface area contributed by atoms with Crippen LogP contribution in [0.4, 0.5) is 4.79 Å². The average Bonchev–Trinajstić information content (AvgIpc) is 2.75. The lowest BCUT2D eigenvalue weighted by molar-refractivity contribution is -0.140. The molecular formula is C15H23N3O5S. The van der Waals surface area contributed by atoms with Crippen molar-refractivity contribution in [2.45, 2.75) is 45.1 Å². The second-order valence-corrected chi connectivity index (χ2v) is 7.15. The number of esters is 1. The molecule has 2 rings (SSSR count). The van der Waals surface area contributed by atoms with Crippen molar-refractivity contribution in [3.8, 4) is 0 Å². The monoisotopic (exact) mass is 357 g/mol. The summed E-state index contributed by atoms with van der Waals surface area (Å²) >= 11 is 1.07. The predicted molar refractivity (Wildman–Crippen MR) is 87.8 cm³/mol. The molecule has 9 heteroatoms. The van der Waals surface area contributed by atoms with E-state index in [1.165, 1.54) is 0 Å². The molecule has 1 spiro atoms. The van der Waals surface area contributed by atoms with Gasteiger partial charge < -0.3 is 10.1 Å². The standard InChI is InChI=1S/C15H23N3O5S/c1-3-23-12(20)9-24-8-11(19)17-18-13(21)15(16-14(18)22)6-4-10(2)5-7-15/h10H,3-9H2,1-2H3,(H,16,22)(H,17,19). The number of nitrogens with one attached hydrogen (secondary N) is 2. The summed E-state index contributed by atoms with van der Waals surface area (Å²) in [6.45, 7) is 4.11. The third-order valence-corrected chi connectivity index (χ3v) is 5.19. The van der Waals surface area contributed by atoms with Gasteiger partial charge in [0, 0.05) is 0 Å². The van der Waals surface area contributed by atoms with Crippen molar-refractivity contribution in [1.82, 2.24) is 15.8 Å². The molecule has 134 valence electrons. The summed E-state index contributed by atoms with van der Waals surface area (Å²) in [5, 5.41) is 3.49. The third kappa shape index (κ3) is 4.19. The molecular weight excluding hydrogens is 334 g/mol. The van der Waals surface area contributed by atoms with Crippen LogP contribution >= 0.6 is 11.8 Å². The molecule has 0 aromatic rings. The number of imide groups is 1. The van der Waals surface area contributed by atoms with Crippen molar-refractivity contribution < 1.29 is 23.9 Å². The maximum absolute atomic E-state index is 12.5. The Labute approximate surface area is 145 Å². The number of carbonyl (C=O) groups is 4. The lowest BCUT2D eigenvalue weighted by atomic mass is 9.77. The molecule has 0 aromatic carbocycles. The molecule has 0 bridgehead atoms. The minimum atomic E-state index is -0.880. The highest BCUT2D eigenvalue weighted by atomic mass is 32.2. The number of nitrogens with zero attached hydrogens (tertiary/aromatic N) is 1. The molecule has 0 atom stereocenters. The van der Waals surface area contributed by atoms with Gasteiger partial charge in [0.2, 0.25) is 5.91 Å². The molecule has 2 aliphatic rings. The molecule has 2 N–H and O–H groups in total. The fourth-order valence-corrected chi connectivity index (χ4v) is 3.50. The fraction of sp³-hybridized carbons (Fsp3) is 0.733. The van der Waals surface area contributed by atoms with E-state index in [2.05, 4.69) is 17.7 Å². The highest BCUT2D eigenvalue weighted by molar-refractivity contribution is 8.00. The Morgan fingerprint density at radius 3 is 2.62 bits per heavy atom. The Hall–Kier alpha value is -1.77. The Morgan fingerprint density at radius 2 is 2.00 bits per heavy atom. The minimum absolute atomic E-state index is 0.0418. The molecule has 8 nitrogen and oxygen atoms in total. The third-order valence-electron chi connectivity index (χ3n) is 4.28. The average molecular weight is 357 g/mol. The molecule has 1 saturated heterocycles. The highest BCUT2D eigenvalue weighted by Gasteiger charge is 2.52. The first-order valence-electron chi connectivity index (χ1n) is 8.07. The first-order valence-corrected chi connectivity index (χ1v) is 9.23. The summed E-state index contributed by atoms with van der Waals surface area (Å²) in [6, 6.07) is -0.599. The van der Waals surface area contributed by atoms with Crippen LogP contribution in [0.15, 0.2) is 0 Å². The van der Waals surface area contributed by atoms with Crippen LogP contribution in [-0.4, -0.2) is 52.5 Å². The summed E-state index contributed by atoms with van der Waals surface area (Å²) in [4.78, 5) is 47.7. The first kappa shape index (κ1) is 18.6. The second kappa shape index (κ2) is 7.87. The lowest BCUT2D eigenvalue weighted by Gasteiger charge is -2.33. The van der Waals surface area contributed by atoms with Crippen molar-refractivity contribution in [2.75, 3.05) is 18.1 Å². The van der Waals surface area contributed by atoms with Gasteiger partial charge in [-0.2, -0.15) is 5.01 Å². The van der Waals surface area contributed by atoms with E-state index < -0.39 is 29.4 Å². The zero-order valence-corrected chi connectivity index (χ0v) is 14.7. The summed E-state index contributed by atoms with van der Waals surface area (Å²) in [7, 11) is 0. The number of hydrogen-bond donors (Lipinski definition) is 2. The van der Waals surface area contributed by atoms with E-state index in [0.717, 1.165) is 29.6 Å². The number of ether oxygens (including phenoxy) is 1. The van der Waals surface area contributed by atoms with Crippen LogP contribution in [0.1, 0.15) is 39.5 Å². The molecule has 0 radical (unpaired) electrons. The number of rotatable bonds is 6. The smallest absolute Gasteiger partial charge is 0.344 e. The maximum Gasteiger partial charge on any atom is 0.344 e. The summed E-state index contributed by atoms with van der Waals surface area (Å²) in [6.07, 6.45) is 2.90. The van der Waals surface area contributed by atoms with Gasteiger partial charge in [-0.15, -0.1) is 11.8 Å². The largest absolute Gasteiger partial charge is 0.465 e. The van der Waals surface area contributed by atoms with Gasteiger partial charge >= 0.3 is 12.0 Å². The molecule has 0 unspecified atom stereocenters. The number of urea groups is 1. The molecule has 24 heavy (non-hydrogen) atoms. The van der Waals surface area contributed by atoms with E-state index in [-0.39, 0.29) is 18.1 Å². The van der Waals surface area contributed by atoms with Gasteiger partial charge in [0.25, 0.3) is 5.91 Å². The molecule has 0 aromatic heterocycles. The quantitative estimate of drug-likeness (QED) is 0.538. The van der Waals surface area contributed by atoms with Crippen molar-refractivity contribution in [1.29, 1.82) is 0 Å². The number of carbonyl (C=O) groups excluding carboxylic acids is 4. The van der Waals surface area contributed by atoms with Gasteiger partial charge in [-0.3, -0.25) is 19.8 Å². The van der Waals surface area contributed by atoms with Crippen molar-refractivity contribution in [2.24, 2.45) is 5.92 Å². The fourth-order valence-electron chi connectivity index (χ4n) is 2.90. The zero-order valence-electron chi connectivity index (χ0n) is 13.9. The summed E-state index contributed by atoms with van der Waals surface area (Å²) < 4.78 is 4.75. The van der Waals surface area contributed by atoms with E-state index in [4.69, 9.17) is 4.74 Å². The van der Waals surface area contributed by atoms with Gasteiger partial charge in [0.15, 0.2) is 0 Å². The van der Waals surface area contributed by atoms with Crippen molar-refractivity contribution in [3.63, 3.8) is 0 Å². The van der Waals surface area contributed by atoms with Gasteiger partial charge in [-0.25, -0.2) is 4.79 Å². The van der Waals surface area contributed by atoms with Crippen LogP contribution in [0.2, 0.25) is 0 Å². The van der Waals surface area contributed by atoms with Gasteiger partial charge in [0.05, 0.1) is 18.1 Å². The molecule has 1 aliphatic heterocycles. The van der Waals surface area contributed by atoms with Crippen LogP contribution in [0.25, 0.3) is 0 Å². The number of hydrazine groups is 1. The Morgan fingerprint density at radius 1 is 1.33 bits per heavy atom. The van der Waals surface area contributed by atoms with E-state index in [0.29, 0.717) is 18.8 Å². The minimum Gasteiger partial charge on any atom is -0.465 e. The van der Waals surface area contributed by atoms with Crippen LogP contribution in [0.5, 0.6) is 0 Å².